The van der Waals surface area contributed by atoms with Crippen molar-refractivity contribution in [1.29, 1.82) is 0 Å². The van der Waals surface area contributed by atoms with E-state index >= 15 is 0 Å². The van der Waals surface area contributed by atoms with Crippen LogP contribution in [0.5, 0.6) is 0 Å². The highest BCUT2D eigenvalue weighted by Crippen LogP contribution is 2.43. The van der Waals surface area contributed by atoms with Gasteiger partial charge in [0.1, 0.15) is 5.76 Å². The van der Waals surface area contributed by atoms with E-state index in [2.05, 4.69) is 5.32 Å². The number of benzene rings is 2. The van der Waals surface area contributed by atoms with Crippen molar-refractivity contribution in [2.24, 2.45) is 0 Å². The number of nitrogens with one attached hydrogen (secondary N) is 1. The van der Waals surface area contributed by atoms with Crippen LogP contribution in [0.3, 0.4) is 0 Å². The van der Waals surface area contributed by atoms with Crippen molar-refractivity contribution in [3.8, 4) is 11.1 Å². The second kappa shape index (κ2) is 7.67. The van der Waals surface area contributed by atoms with Gasteiger partial charge in [-0.3, -0.25) is 4.79 Å². The first-order chi connectivity index (χ1) is 13.8. The molecule has 1 heterocycles. The zero-order valence-corrected chi connectivity index (χ0v) is 17.9. The molecular formula is C23H23Cl2NO3. The molecule has 0 bridgehead atoms. The maximum absolute atomic E-state index is 12.9. The third kappa shape index (κ3) is 3.54. The number of hydrogen-bond acceptors (Lipinski definition) is 3. The lowest BCUT2D eigenvalue weighted by molar-refractivity contribution is -0.116. The van der Waals surface area contributed by atoms with E-state index in [-0.39, 0.29) is 17.8 Å². The fraction of sp³-hybridized carbons (Fsp3) is 0.348. The summed E-state index contributed by atoms with van der Waals surface area (Å²) in [6.45, 7) is 1.93. The van der Waals surface area contributed by atoms with Crippen LogP contribution in [0.15, 0.2) is 42.2 Å². The highest BCUT2D eigenvalue weighted by Gasteiger charge is 2.48. The Balaban J connectivity index is 1.77. The Bertz CT molecular complexity index is 1010. The highest BCUT2D eigenvalue weighted by molar-refractivity contribution is 6.36. The largest absolute Gasteiger partial charge is 0.509 e. The number of aryl methyl sites for hydroxylation is 1. The van der Waals surface area contributed by atoms with Gasteiger partial charge < -0.3 is 15.2 Å². The molecular weight excluding hydrogens is 409 g/mol. The van der Waals surface area contributed by atoms with Crippen LogP contribution in [-0.2, 0) is 9.53 Å². The molecule has 1 saturated carbocycles. The molecule has 1 aliphatic heterocycles. The number of aliphatic hydroxyl groups excluding tert-OH is 1. The predicted molar refractivity (Wildman–Crippen MR) is 116 cm³/mol. The number of ether oxygens (including phenoxy) is 1. The topological polar surface area (TPSA) is 58.6 Å². The van der Waals surface area contributed by atoms with Gasteiger partial charge in [0.05, 0.1) is 17.2 Å². The predicted octanol–water partition coefficient (Wildman–Crippen LogP) is 5.70. The van der Waals surface area contributed by atoms with Crippen LogP contribution >= 0.6 is 23.2 Å². The van der Waals surface area contributed by atoms with E-state index in [9.17, 15) is 9.90 Å². The smallest absolute Gasteiger partial charge is 0.256 e. The normalized spacial score (nSPS) is 24.3. The maximum atomic E-state index is 12.9. The van der Waals surface area contributed by atoms with Crippen molar-refractivity contribution in [2.75, 3.05) is 7.11 Å². The van der Waals surface area contributed by atoms with Crippen LogP contribution in [-0.4, -0.2) is 29.8 Å². The molecule has 6 heteroatoms. The van der Waals surface area contributed by atoms with Gasteiger partial charge in [-0.15, -0.1) is 0 Å². The van der Waals surface area contributed by atoms with Gasteiger partial charge in [-0.25, -0.2) is 0 Å². The average Bonchev–Trinajstić information content (AvgIpc) is 2.93. The van der Waals surface area contributed by atoms with E-state index in [1.807, 2.05) is 31.2 Å². The van der Waals surface area contributed by atoms with Crippen LogP contribution < -0.4 is 5.32 Å². The second-order valence-corrected chi connectivity index (χ2v) is 8.69. The Morgan fingerprint density at radius 3 is 2.48 bits per heavy atom. The molecule has 2 aliphatic rings. The summed E-state index contributed by atoms with van der Waals surface area (Å²) in [7, 11) is 1.70. The molecule has 0 saturated heterocycles. The Hall–Kier alpha value is -2.01. The second-order valence-electron chi connectivity index (χ2n) is 7.85. The Kier molecular flexibility index (Phi) is 5.36. The molecule has 1 fully saturated rings. The Morgan fingerprint density at radius 1 is 1.10 bits per heavy atom. The minimum absolute atomic E-state index is 0.138. The van der Waals surface area contributed by atoms with Gasteiger partial charge in [-0.1, -0.05) is 41.4 Å². The summed E-state index contributed by atoms with van der Waals surface area (Å²) < 4.78 is 5.44. The number of carbonyl (C=O) groups is 1. The molecule has 2 aromatic rings. The standard InChI is InChI=1S/C23H23Cl2NO3/c1-13-3-4-14(17-6-5-15(24)12-19(17)25)11-18(13)20-21(27)23(26-22(20)28)9-7-16(29-2)8-10-23/h3-6,11-12,16,27H,7-10H2,1-2H3,(H,26,28)/t16-,23-. The molecule has 29 heavy (non-hydrogen) atoms. The first kappa shape index (κ1) is 20.3. The highest BCUT2D eigenvalue weighted by atomic mass is 35.5. The van der Waals surface area contributed by atoms with Crippen LogP contribution in [0, 0.1) is 6.92 Å². The minimum Gasteiger partial charge on any atom is -0.509 e. The molecule has 0 atom stereocenters. The molecule has 0 aromatic heterocycles. The summed E-state index contributed by atoms with van der Waals surface area (Å²) in [5.74, 6) is -0.0969. The molecule has 4 rings (SSSR count). The molecule has 1 amide bonds. The molecule has 4 nitrogen and oxygen atoms in total. The molecule has 2 aromatic carbocycles. The van der Waals surface area contributed by atoms with E-state index in [1.165, 1.54) is 0 Å². The van der Waals surface area contributed by atoms with Crippen LogP contribution in [0.2, 0.25) is 10.0 Å². The van der Waals surface area contributed by atoms with Crippen molar-refractivity contribution < 1.29 is 14.6 Å². The number of hydrogen-bond donors (Lipinski definition) is 2. The van der Waals surface area contributed by atoms with E-state index in [1.54, 1.807) is 19.2 Å². The van der Waals surface area contributed by atoms with Gasteiger partial charge in [-0.05, 0) is 67.5 Å². The molecule has 0 radical (unpaired) electrons. The summed E-state index contributed by atoms with van der Waals surface area (Å²) >= 11 is 12.4. The number of amides is 1. The number of aliphatic hydroxyl groups is 1. The van der Waals surface area contributed by atoms with Gasteiger partial charge in [0.25, 0.3) is 5.91 Å². The van der Waals surface area contributed by atoms with Crippen LogP contribution in [0.25, 0.3) is 16.7 Å². The third-order valence-corrected chi connectivity index (χ3v) is 6.69. The van der Waals surface area contributed by atoms with E-state index in [0.29, 0.717) is 34.0 Å². The first-order valence-electron chi connectivity index (χ1n) is 9.70. The van der Waals surface area contributed by atoms with Crippen LogP contribution in [0.1, 0.15) is 36.8 Å². The quantitative estimate of drug-likeness (QED) is 0.655. The zero-order chi connectivity index (χ0) is 20.8. The summed E-state index contributed by atoms with van der Waals surface area (Å²) in [4.78, 5) is 12.9. The number of halogens is 2. The van der Waals surface area contributed by atoms with Crippen molar-refractivity contribution >= 4 is 34.7 Å². The lowest BCUT2D eigenvalue weighted by Crippen LogP contribution is -2.48. The SMILES string of the molecule is CO[C@H]1CC[C@@]2(CC1)NC(=O)C(c1cc(-c3ccc(Cl)cc3Cl)ccc1C)=C2O. The van der Waals surface area contributed by atoms with Crippen molar-refractivity contribution in [1.82, 2.24) is 5.32 Å². The Labute approximate surface area is 180 Å². The van der Waals surface area contributed by atoms with Gasteiger partial charge in [0.15, 0.2) is 0 Å². The van der Waals surface area contributed by atoms with E-state index < -0.39 is 5.54 Å². The third-order valence-electron chi connectivity index (χ3n) is 6.14. The first-order valence-corrected chi connectivity index (χ1v) is 10.5. The molecule has 2 N–H and O–H groups in total. The Morgan fingerprint density at radius 2 is 1.83 bits per heavy atom. The van der Waals surface area contributed by atoms with Crippen molar-refractivity contribution in [2.45, 2.75) is 44.2 Å². The summed E-state index contributed by atoms with van der Waals surface area (Å²) in [6.07, 6.45) is 3.09. The van der Waals surface area contributed by atoms with E-state index in [0.717, 1.165) is 29.5 Å². The van der Waals surface area contributed by atoms with Gasteiger partial charge >= 0.3 is 0 Å². The summed E-state index contributed by atoms with van der Waals surface area (Å²) in [5, 5.41) is 15.3. The average molecular weight is 432 g/mol. The molecule has 1 spiro atoms. The van der Waals surface area contributed by atoms with Gasteiger partial charge in [-0.2, -0.15) is 0 Å². The monoisotopic (exact) mass is 431 g/mol. The van der Waals surface area contributed by atoms with Gasteiger partial charge in [0.2, 0.25) is 0 Å². The number of carbonyl (C=O) groups excluding carboxylic acids is 1. The van der Waals surface area contributed by atoms with Crippen molar-refractivity contribution in [3.05, 3.63) is 63.3 Å². The molecule has 152 valence electrons. The fourth-order valence-corrected chi connectivity index (χ4v) is 4.92. The lowest BCUT2D eigenvalue weighted by Gasteiger charge is -2.36. The minimum atomic E-state index is -0.693. The summed E-state index contributed by atoms with van der Waals surface area (Å²) in [6, 6.07) is 11.1. The number of methoxy groups -OCH3 is 1. The number of rotatable bonds is 3. The van der Waals surface area contributed by atoms with Crippen molar-refractivity contribution in [3.63, 3.8) is 0 Å². The summed E-state index contributed by atoms with van der Waals surface area (Å²) in [5.41, 5.74) is 2.98. The lowest BCUT2D eigenvalue weighted by atomic mass is 9.79. The van der Waals surface area contributed by atoms with E-state index in [4.69, 9.17) is 27.9 Å². The van der Waals surface area contributed by atoms with Crippen LogP contribution in [0.4, 0.5) is 0 Å². The fourth-order valence-electron chi connectivity index (χ4n) is 4.40. The zero-order valence-electron chi connectivity index (χ0n) is 16.4. The van der Waals surface area contributed by atoms with Gasteiger partial charge in [0, 0.05) is 22.7 Å². The molecule has 0 unspecified atom stereocenters. The molecule has 1 aliphatic carbocycles. The maximum Gasteiger partial charge on any atom is 0.256 e.